The number of amides is 1. The topological polar surface area (TPSA) is 32.8 Å². The van der Waals surface area contributed by atoms with Crippen LogP contribution in [0.3, 0.4) is 0 Å². The van der Waals surface area contributed by atoms with Gasteiger partial charge in [0.2, 0.25) is 0 Å². The molecule has 1 fully saturated rings. The summed E-state index contributed by atoms with van der Waals surface area (Å²) in [5, 5.41) is 0. The second-order valence-electron chi connectivity index (χ2n) is 6.72. The number of piperazine rings is 1. The molecule has 0 saturated carbocycles. The van der Waals surface area contributed by atoms with E-state index < -0.39 is 11.6 Å². The number of hydrogen-bond donors (Lipinski definition) is 0. The molecule has 0 aromatic heterocycles. The highest BCUT2D eigenvalue weighted by atomic mass is 19.2. The van der Waals surface area contributed by atoms with Crippen molar-refractivity contribution in [1.29, 1.82) is 0 Å². The van der Waals surface area contributed by atoms with E-state index in [0.717, 1.165) is 50.4 Å². The number of aryl methyl sites for hydroxylation is 1. The van der Waals surface area contributed by atoms with Gasteiger partial charge in [0.25, 0.3) is 5.91 Å². The number of carbonyl (C=O) groups excluding carboxylic acids is 1. The van der Waals surface area contributed by atoms with Crippen LogP contribution in [0.1, 0.15) is 22.3 Å². The largest absolute Gasteiger partial charge is 0.497 e. The number of halogens is 2. The van der Waals surface area contributed by atoms with Crippen molar-refractivity contribution in [3.05, 3.63) is 65.2 Å². The van der Waals surface area contributed by atoms with E-state index in [1.807, 2.05) is 12.1 Å². The van der Waals surface area contributed by atoms with Gasteiger partial charge in [-0.3, -0.25) is 9.69 Å². The van der Waals surface area contributed by atoms with Gasteiger partial charge in [0, 0.05) is 31.7 Å². The van der Waals surface area contributed by atoms with Crippen LogP contribution >= 0.6 is 0 Å². The van der Waals surface area contributed by atoms with Gasteiger partial charge < -0.3 is 9.64 Å². The molecular weight excluding hydrogens is 350 g/mol. The molecule has 0 atom stereocenters. The summed E-state index contributed by atoms with van der Waals surface area (Å²) in [6, 6.07) is 11.4. The maximum absolute atomic E-state index is 13.3. The van der Waals surface area contributed by atoms with Crippen molar-refractivity contribution in [3.8, 4) is 5.75 Å². The van der Waals surface area contributed by atoms with Crippen molar-refractivity contribution in [1.82, 2.24) is 9.80 Å². The van der Waals surface area contributed by atoms with E-state index in [4.69, 9.17) is 4.74 Å². The molecule has 0 aliphatic carbocycles. The fourth-order valence-electron chi connectivity index (χ4n) is 3.32. The van der Waals surface area contributed by atoms with Gasteiger partial charge in [-0.05, 0) is 55.3 Å². The van der Waals surface area contributed by atoms with E-state index in [1.54, 1.807) is 12.0 Å². The minimum atomic E-state index is -0.989. The van der Waals surface area contributed by atoms with E-state index in [1.165, 1.54) is 11.6 Å². The van der Waals surface area contributed by atoms with E-state index in [2.05, 4.69) is 17.0 Å². The van der Waals surface area contributed by atoms with E-state index in [0.29, 0.717) is 13.1 Å². The molecule has 0 unspecified atom stereocenters. The Kier molecular flexibility index (Phi) is 6.40. The van der Waals surface area contributed by atoms with Crippen molar-refractivity contribution < 1.29 is 18.3 Å². The summed E-state index contributed by atoms with van der Waals surface area (Å²) in [6.45, 7) is 3.72. The Hall–Kier alpha value is -2.47. The van der Waals surface area contributed by atoms with Gasteiger partial charge in [0.1, 0.15) is 5.75 Å². The van der Waals surface area contributed by atoms with Gasteiger partial charge in [0.15, 0.2) is 11.6 Å². The number of methoxy groups -OCH3 is 1. The summed E-state index contributed by atoms with van der Waals surface area (Å²) in [6.07, 6.45) is 2.01. The van der Waals surface area contributed by atoms with Crippen LogP contribution in [0.4, 0.5) is 8.78 Å². The second kappa shape index (κ2) is 8.95. The zero-order chi connectivity index (χ0) is 19.2. The standard InChI is InChI=1S/C21H24F2N2O2/c1-27-18-6-2-4-16(14-18)5-3-9-24-10-12-25(13-11-24)21(26)17-7-8-19(22)20(23)15-17/h2,4,6-8,14-15H,3,5,9-13H2,1H3. The molecule has 2 aromatic carbocycles. The molecule has 27 heavy (non-hydrogen) atoms. The average molecular weight is 374 g/mol. The van der Waals surface area contributed by atoms with E-state index in [-0.39, 0.29) is 11.5 Å². The van der Waals surface area contributed by atoms with Crippen molar-refractivity contribution in [2.45, 2.75) is 12.8 Å². The summed E-state index contributed by atoms with van der Waals surface area (Å²) in [5.74, 6) is -1.30. The third-order valence-electron chi connectivity index (χ3n) is 4.90. The van der Waals surface area contributed by atoms with Crippen LogP contribution in [0, 0.1) is 11.6 Å². The number of hydrogen-bond acceptors (Lipinski definition) is 3. The SMILES string of the molecule is COc1cccc(CCCN2CCN(C(=O)c3ccc(F)c(F)c3)CC2)c1. The predicted molar refractivity (Wildman–Crippen MR) is 100 cm³/mol. The molecule has 144 valence electrons. The van der Waals surface area contributed by atoms with Crippen LogP contribution in [-0.2, 0) is 6.42 Å². The minimum Gasteiger partial charge on any atom is -0.497 e. The normalized spacial score (nSPS) is 15.0. The molecule has 4 nitrogen and oxygen atoms in total. The molecule has 6 heteroatoms. The van der Waals surface area contributed by atoms with Gasteiger partial charge in [-0.15, -0.1) is 0 Å². The molecule has 1 aliphatic rings. The van der Waals surface area contributed by atoms with Gasteiger partial charge in [-0.2, -0.15) is 0 Å². The van der Waals surface area contributed by atoms with E-state index >= 15 is 0 Å². The first-order chi connectivity index (χ1) is 13.1. The van der Waals surface area contributed by atoms with Gasteiger partial charge >= 0.3 is 0 Å². The Morgan fingerprint density at radius 3 is 2.52 bits per heavy atom. The van der Waals surface area contributed by atoms with Crippen LogP contribution < -0.4 is 4.74 Å². The lowest BCUT2D eigenvalue weighted by Gasteiger charge is -2.34. The summed E-state index contributed by atoms with van der Waals surface area (Å²) in [5.41, 5.74) is 1.45. The Morgan fingerprint density at radius 2 is 1.81 bits per heavy atom. The molecule has 1 saturated heterocycles. The number of rotatable bonds is 6. The molecule has 0 spiro atoms. The molecule has 2 aromatic rings. The lowest BCUT2D eigenvalue weighted by Crippen LogP contribution is -2.48. The van der Waals surface area contributed by atoms with Crippen molar-refractivity contribution >= 4 is 5.91 Å². The Labute approximate surface area is 158 Å². The number of carbonyl (C=O) groups is 1. The molecule has 0 radical (unpaired) electrons. The molecule has 1 heterocycles. The van der Waals surface area contributed by atoms with Gasteiger partial charge in [-0.25, -0.2) is 8.78 Å². The highest BCUT2D eigenvalue weighted by Gasteiger charge is 2.22. The molecule has 0 N–H and O–H groups in total. The van der Waals surface area contributed by atoms with Crippen LogP contribution in [0.15, 0.2) is 42.5 Å². The quantitative estimate of drug-likeness (QED) is 0.777. The van der Waals surface area contributed by atoms with Crippen molar-refractivity contribution in [2.75, 3.05) is 39.8 Å². The number of benzene rings is 2. The minimum absolute atomic E-state index is 0.195. The van der Waals surface area contributed by atoms with Crippen molar-refractivity contribution in [3.63, 3.8) is 0 Å². The second-order valence-corrected chi connectivity index (χ2v) is 6.72. The Morgan fingerprint density at radius 1 is 1.04 bits per heavy atom. The Bertz CT molecular complexity index is 790. The summed E-state index contributed by atoms with van der Waals surface area (Å²) >= 11 is 0. The third-order valence-corrected chi connectivity index (χ3v) is 4.90. The predicted octanol–water partition coefficient (Wildman–Crippen LogP) is 3.36. The van der Waals surface area contributed by atoms with Crippen LogP contribution in [0.2, 0.25) is 0 Å². The maximum atomic E-state index is 13.3. The molecule has 0 bridgehead atoms. The maximum Gasteiger partial charge on any atom is 0.254 e. The van der Waals surface area contributed by atoms with Crippen molar-refractivity contribution in [2.24, 2.45) is 0 Å². The first kappa shape index (κ1) is 19.3. The average Bonchev–Trinajstić information content (AvgIpc) is 2.70. The van der Waals surface area contributed by atoms with Gasteiger partial charge in [0.05, 0.1) is 7.11 Å². The zero-order valence-corrected chi connectivity index (χ0v) is 15.5. The monoisotopic (exact) mass is 374 g/mol. The fraction of sp³-hybridized carbons (Fsp3) is 0.381. The molecule has 1 amide bonds. The highest BCUT2D eigenvalue weighted by molar-refractivity contribution is 5.94. The lowest BCUT2D eigenvalue weighted by molar-refractivity contribution is 0.0635. The van der Waals surface area contributed by atoms with Crippen LogP contribution in [-0.4, -0.2) is 55.5 Å². The smallest absolute Gasteiger partial charge is 0.254 e. The zero-order valence-electron chi connectivity index (χ0n) is 15.5. The fourth-order valence-corrected chi connectivity index (χ4v) is 3.32. The first-order valence-corrected chi connectivity index (χ1v) is 9.16. The summed E-state index contributed by atoms with van der Waals surface area (Å²) in [7, 11) is 1.67. The highest BCUT2D eigenvalue weighted by Crippen LogP contribution is 2.15. The Balaban J connectivity index is 1.44. The summed E-state index contributed by atoms with van der Waals surface area (Å²) in [4.78, 5) is 16.5. The van der Waals surface area contributed by atoms with Gasteiger partial charge in [-0.1, -0.05) is 12.1 Å². The number of ether oxygens (including phenoxy) is 1. The first-order valence-electron chi connectivity index (χ1n) is 9.16. The van der Waals surface area contributed by atoms with Crippen LogP contribution in [0.25, 0.3) is 0 Å². The molecular formula is C21H24F2N2O2. The third kappa shape index (κ3) is 5.04. The molecule has 3 rings (SSSR count). The lowest BCUT2D eigenvalue weighted by atomic mass is 10.1. The summed E-state index contributed by atoms with van der Waals surface area (Å²) < 4.78 is 31.6. The number of nitrogens with zero attached hydrogens (tertiary/aromatic N) is 2. The van der Waals surface area contributed by atoms with E-state index in [9.17, 15) is 13.6 Å². The van der Waals surface area contributed by atoms with Crippen LogP contribution in [0.5, 0.6) is 5.75 Å². The molecule has 1 aliphatic heterocycles.